The molecule has 4 amide bonds. The van der Waals surface area contributed by atoms with Crippen LogP contribution in [0.2, 0.25) is 0 Å². The zero-order chi connectivity index (χ0) is 28.4. The van der Waals surface area contributed by atoms with E-state index in [2.05, 4.69) is 10.6 Å². The second-order valence-electron chi connectivity index (χ2n) is 11.2. The number of amides is 4. The number of hydrogen-bond donors (Lipinski definition) is 2. The Balaban J connectivity index is 1.69. The third-order valence-electron chi connectivity index (χ3n) is 5.93. The maximum Gasteiger partial charge on any atom is 0.326 e. The minimum Gasteiger partial charge on any atom is -0.462 e. The lowest BCUT2D eigenvalue weighted by molar-refractivity contribution is -0.166. The SMILES string of the molecule is CC1(C)NC(C)(C)C(=O)N(CC(=O)OCCOCCOC(=O)CN2C(=O)C(C)(C)NC(C)(C)C2=O)C1=O. The van der Waals surface area contributed by atoms with E-state index in [4.69, 9.17) is 14.2 Å². The standard InChI is InChI=1S/C24H38N4O9/c1-21(2)17(31)27(18(32)22(3,4)25-21)13-15(29)36-11-9-35-10-12-37-16(30)14-28-19(33)23(5,6)26-24(7,8)20(28)34/h25-26H,9-14H2,1-8H3. The van der Waals surface area contributed by atoms with Gasteiger partial charge >= 0.3 is 11.9 Å². The molecule has 0 saturated carbocycles. The van der Waals surface area contributed by atoms with Crippen molar-refractivity contribution in [1.29, 1.82) is 0 Å². The number of carbonyl (C=O) groups is 6. The van der Waals surface area contributed by atoms with Crippen LogP contribution in [0, 0.1) is 0 Å². The lowest BCUT2D eigenvalue weighted by Gasteiger charge is -2.44. The average molecular weight is 527 g/mol. The van der Waals surface area contributed by atoms with Crippen LogP contribution in [0.1, 0.15) is 55.4 Å². The third kappa shape index (κ3) is 7.11. The van der Waals surface area contributed by atoms with Crippen LogP contribution in [0.15, 0.2) is 0 Å². The molecule has 0 aromatic heterocycles. The topological polar surface area (TPSA) is 161 Å². The Morgan fingerprint density at radius 1 is 0.568 bits per heavy atom. The van der Waals surface area contributed by atoms with Crippen LogP contribution >= 0.6 is 0 Å². The maximum absolute atomic E-state index is 12.5. The predicted octanol–water partition coefficient (Wildman–Crippen LogP) is -0.879. The zero-order valence-electron chi connectivity index (χ0n) is 22.8. The molecule has 2 N–H and O–H groups in total. The molecule has 0 atom stereocenters. The molecule has 2 rings (SSSR count). The van der Waals surface area contributed by atoms with E-state index in [-0.39, 0.29) is 26.4 Å². The predicted molar refractivity (Wildman–Crippen MR) is 129 cm³/mol. The van der Waals surface area contributed by atoms with Gasteiger partial charge in [-0.1, -0.05) is 0 Å². The summed E-state index contributed by atoms with van der Waals surface area (Å²) in [6.45, 7) is 11.7. The average Bonchev–Trinajstić information content (AvgIpc) is 2.75. The number of rotatable bonds is 10. The molecule has 37 heavy (non-hydrogen) atoms. The van der Waals surface area contributed by atoms with Crippen molar-refractivity contribution in [2.24, 2.45) is 0 Å². The van der Waals surface area contributed by atoms with Crippen molar-refractivity contribution in [1.82, 2.24) is 20.4 Å². The van der Waals surface area contributed by atoms with E-state index in [9.17, 15) is 28.8 Å². The van der Waals surface area contributed by atoms with Gasteiger partial charge in [0.15, 0.2) is 0 Å². The molecule has 2 aliphatic rings. The fourth-order valence-electron chi connectivity index (χ4n) is 4.48. The van der Waals surface area contributed by atoms with E-state index < -0.39 is 70.8 Å². The van der Waals surface area contributed by atoms with Crippen LogP contribution in [-0.4, -0.2) is 107 Å². The number of piperazine rings is 2. The minimum atomic E-state index is -1.02. The molecular formula is C24H38N4O9. The highest BCUT2D eigenvalue weighted by molar-refractivity contribution is 6.08. The van der Waals surface area contributed by atoms with Gasteiger partial charge in [0.05, 0.1) is 35.4 Å². The summed E-state index contributed by atoms with van der Waals surface area (Å²) in [6.07, 6.45) is 0. The van der Waals surface area contributed by atoms with Gasteiger partial charge in [-0.3, -0.25) is 49.2 Å². The van der Waals surface area contributed by atoms with Crippen molar-refractivity contribution in [3.05, 3.63) is 0 Å². The van der Waals surface area contributed by atoms with E-state index in [1.54, 1.807) is 55.4 Å². The van der Waals surface area contributed by atoms with Crippen LogP contribution in [-0.2, 0) is 43.0 Å². The molecule has 2 aliphatic heterocycles. The number of ether oxygens (including phenoxy) is 3. The van der Waals surface area contributed by atoms with Gasteiger partial charge in [-0.05, 0) is 55.4 Å². The van der Waals surface area contributed by atoms with E-state index in [0.717, 1.165) is 9.80 Å². The molecule has 0 radical (unpaired) electrons. The fourth-order valence-corrected chi connectivity index (χ4v) is 4.48. The molecule has 2 heterocycles. The maximum atomic E-state index is 12.5. The van der Waals surface area contributed by atoms with Crippen molar-refractivity contribution < 1.29 is 43.0 Å². The largest absolute Gasteiger partial charge is 0.462 e. The number of nitrogens with one attached hydrogen (secondary N) is 2. The summed E-state index contributed by atoms with van der Waals surface area (Å²) >= 11 is 0. The smallest absolute Gasteiger partial charge is 0.326 e. The van der Waals surface area contributed by atoms with E-state index in [1.807, 2.05) is 0 Å². The van der Waals surface area contributed by atoms with Gasteiger partial charge in [-0.2, -0.15) is 0 Å². The van der Waals surface area contributed by atoms with Gasteiger partial charge in [0, 0.05) is 0 Å². The summed E-state index contributed by atoms with van der Waals surface area (Å²) in [4.78, 5) is 76.2. The molecule has 0 spiro atoms. The quantitative estimate of drug-likeness (QED) is 0.207. The lowest BCUT2D eigenvalue weighted by Crippen LogP contribution is -2.72. The molecule has 13 heteroatoms. The molecule has 2 saturated heterocycles. The van der Waals surface area contributed by atoms with Gasteiger partial charge in [-0.25, -0.2) is 0 Å². The Bertz CT molecular complexity index is 843. The molecule has 208 valence electrons. The summed E-state index contributed by atoms with van der Waals surface area (Å²) in [5.41, 5.74) is -4.07. The molecule has 0 aromatic carbocycles. The fraction of sp³-hybridized carbons (Fsp3) is 0.750. The highest BCUT2D eigenvalue weighted by Gasteiger charge is 2.51. The van der Waals surface area contributed by atoms with Crippen LogP contribution in [0.5, 0.6) is 0 Å². The Kier molecular flexibility index (Phi) is 8.88. The second-order valence-corrected chi connectivity index (χ2v) is 11.2. The van der Waals surface area contributed by atoms with Crippen molar-refractivity contribution >= 4 is 35.6 Å². The van der Waals surface area contributed by atoms with Crippen molar-refractivity contribution in [3.8, 4) is 0 Å². The molecule has 13 nitrogen and oxygen atoms in total. The highest BCUT2D eigenvalue weighted by Crippen LogP contribution is 2.24. The van der Waals surface area contributed by atoms with E-state index in [0.29, 0.717) is 0 Å². The molecule has 0 bridgehead atoms. The Morgan fingerprint density at radius 3 is 1.11 bits per heavy atom. The Hall–Kier alpha value is -2.90. The number of imide groups is 2. The summed E-state index contributed by atoms with van der Waals surface area (Å²) in [7, 11) is 0. The van der Waals surface area contributed by atoms with E-state index in [1.165, 1.54) is 0 Å². The molecule has 0 unspecified atom stereocenters. The first kappa shape index (κ1) is 30.3. The van der Waals surface area contributed by atoms with E-state index >= 15 is 0 Å². The summed E-state index contributed by atoms with van der Waals surface area (Å²) < 4.78 is 15.3. The van der Waals surface area contributed by atoms with Crippen molar-refractivity contribution in [2.75, 3.05) is 39.5 Å². The first-order valence-corrected chi connectivity index (χ1v) is 12.0. The monoisotopic (exact) mass is 526 g/mol. The van der Waals surface area contributed by atoms with Crippen LogP contribution in [0.25, 0.3) is 0 Å². The summed E-state index contributed by atoms with van der Waals surface area (Å²) in [6, 6.07) is 0. The Labute approximate surface area is 216 Å². The first-order chi connectivity index (χ1) is 16.8. The van der Waals surface area contributed by atoms with Gasteiger partial charge in [0.2, 0.25) is 23.6 Å². The molecule has 0 aliphatic carbocycles. The number of hydrogen-bond acceptors (Lipinski definition) is 11. The highest BCUT2D eigenvalue weighted by atomic mass is 16.6. The lowest BCUT2D eigenvalue weighted by atomic mass is 9.90. The number of carbonyl (C=O) groups excluding carboxylic acids is 6. The summed E-state index contributed by atoms with van der Waals surface area (Å²) in [5.74, 6) is -3.62. The number of esters is 2. The molecular weight excluding hydrogens is 488 g/mol. The van der Waals surface area contributed by atoms with Gasteiger partial charge in [-0.15, -0.1) is 0 Å². The van der Waals surface area contributed by atoms with Gasteiger partial charge < -0.3 is 14.2 Å². The zero-order valence-corrected chi connectivity index (χ0v) is 22.8. The van der Waals surface area contributed by atoms with Crippen molar-refractivity contribution in [2.45, 2.75) is 77.5 Å². The number of nitrogens with zero attached hydrogens (tertiary/aromatic N) is 2. The third-order valence-corrected chi connectivity index (χ3v) is 5.93. The normalized spacial score (nSPS) is 22.2. The van der Waals surface area contributed by atoms with Gasteiger partial charge in [0.25, 0.3) is 0 Å². The first-order valence-electron chi connectivity index (χ1n) is 12.0. The van der Waals surface area contributed by atoms with Gasteiger partial charge in [0.1, 0.15) is 26.3 Å². The van der Waals surface area contributed by atoms with Crippen LogP contribution in [0.3, 0.4) is 0 Å². The molecule has 0 aromatic rings. The van der Waals surface area contributed by atoms with Crippen LogP contribution in [0.4, 0.5) is 0 Å². The summed E-state index contributed by atoms with van der Waals surface area (Å²) in [5, 5.41) is 5.92. The Morgan fingerprint density at radius 2 is 0.838 bits per heavy atom. The van der Waals surface area contributed by atoms with Crippen LogP contribution < -0.4 is 10.6 Å². The molecule has 2 fully saturated rings. The van der Waals surface area contributed by atoms with Crippen molar-refractivity contribution in [3.63, 3.8) is 0 Å². The second kappa shape index (κ2) is 10.8. The minimum absolute atomic E-state index is 0.0130.